The van der Waals surface area contributed by atoms with Crippen LogP contribution in [-0.4, -0.2) is 119 Å². The number of aryl methyl sites for hydroxylation is 19. The molecule has 32 heteroatoms. The van der Waals surface area contributed by atoms with Gasteiger partial charge in [0.05, 0.1) is 41.4 Å². The molecule has 0 spiro atoms. The van der Waals surface area contributed by atoms with Crippen LogP contribution in [-0.2, 0) is 14.1 Å². The molecular weight excluding hydrogens is 1100 g/mol. The number of nitrogens with zero attached hydrogens (tertiary/aromatic N) is 23. The summed E-state index contributed by atoms with van der Waals surface area (Å²) < 4.78 is 35.6. The van der Waals surface area contributed by atoms with Crippen LogP contribution in [0.1, 0.15) is 136 Å². The lowest BCUT2D eigenvalue weighted by atomic mass is 10.4. The summed E-state index contributed by atoms with van der Waals surface area (Å²) in [5.74, 6) is 6.08. The van der Waals surface area contributed by atoms with E-state index in [1.54, 1.807) is 64.3 Å². The van der Waals surface area contributed by atoms with Crippen molar-refractivity contribution in [3.63, 3.8) is 0 Å². The zero-order chi connectivity index (χ0) is 61.4. The average molecular weight is 1190 g/mol. The largest absolute Gasteiger partial charge is 0.449 e. The molecule has 11 aromatic heterocycles. The maximum absolute atomic E-state index is 4.85. The van der Waals surface area contributed by atoms with Crippen molar-refractivity contribution in [1.29, 1.82) is 0 Å². The first-order valence-electron chi connectivity index (χ1n) is 24.7. The van der Waals surface area contributed by atoms with E-state index in [-0.39, 0.29) is 0 Å². The average Bonchev–Trinajstić information content (AvgIpc) is 4.25. The molecular formula is C48H82N24O4S4. The van der Waals surface area contributed by atoms with Crippen molar-refractivity contribution >= 4 is 46.1 Å². The summed E-state index contributed by atoms with van der Waals surface area (Å²) in [4.78, 5) is 27.1. The molecule has 0 radical (unpaired) electrons. The molecule has 0 aliphatic carbocycles. The summed E-state index contributed by atoms with van der Waals surface area (Å²) in [6.45, 7) is 44.1. The van der Waals surface area contributed by atoms with Crippen LogP contribution < -0.4 is 0 Å². The lowest BCUT2D eigenvalue weighted by Gasteiger charge is -1.76. The Morgan fingerprint density at radius 2 is 0.975 bits per heavy atom. The van der Waals surface area contributed by atoms with Gasteiger partial charge in [-0.2, -0.15) is 54.2 Å². The highest BCUT2D eigenvalue weighted by Gasteiger charge is 1.95. The third-order valence-electron chi connectivity index (χ3n) is 7.74. The van der Waals surface area contributed by atoms with E-state index in [1.165, 1.54) is 73.4 Å². The summed E-state index contributed by atoms with van der Waals surface area (Å²) in [5.41, 5.74) is 4.85. The molecule has 0 saturated carbocycles. The van der Waals surface area contributed by atoms with E-state index in [9.17, 15) is 0 Å². The second-order valence-electron chi connectivity index (χ2n) is 14.4. The minimum absolute atomic E-state index is 0.623. The molecule has 11 heterocycles. The third kappa shape index (κ3) is 42.3. The van der Waals surface area contributed by atoms with Gasteiger partial charge in [0.2, 0.25) is 11.8 Å². The topological polar surface area (TPSA) is 349 Å². The van der Waals surface area contributed by atoms with Gasteiger partial charge in [-0.15, -0.1) is 15.3 Å². The van der Waals surface area contributed by atoms with Gasteiger partial charge in [-0.25, -0.2) is 19.9 Å². The molecule has 80 heavy (non-hydrogen) atoms. The first kappa shape index (κ1) is 76.5. The molecule has 11 aromatic rings. The maximum atomic E-state index is 4.85. The van der Waals surface area contributed by atoms with Gasteiger partial charge >= 0.3 is 0 Å². The van der Waals surface area contributed by atoms with Gasteiger partial charge in [0, 0.05) is 43.0 Å². The van der Waals surface area contributed by atoms with Gasteiger partial charge in [0.15, 0.2) is 23.8 Å². The lowest BCUT2D eigenvalue weighted by molar-refractivity contribution is 0.373. The molecule has 0 atom stereocenters. The standard InChI is InChI=1S/C5H7NO.3C4H6N2O.4C4H6N2S.3C3H5N3.3C2H6/c1-4-5(2)7-3-6-4;2*1-3-5-4(2)7-6-3;1-3-4(2)7-6-5-3;2*1-3-5-4(2)7-6-3;2*1-3-4(2)7-6-5-3;1-6-3-4-2-5-6;1-6-4-2-3-5-6;1-3-2-4-6-5-3;3*1-2/h3H,1-2H3;7*1-2H3;2*2-3H,1H3;2H,1H3,(H,4,5,6);3*1-2H3. The Morgan fingerprint density at radius 3 is 1.07 bits per heavy atom. The number of rotatable bonds is 0. The van der Waals surface area contributed by atoms with Gasteiger partial charge in [0.25, 0.3) is 0 Å². The second-order valence-corrected chi connectivity index (χ2v) is 18.2. The van der Waals surface area contributed by atoms with E-state index in [4.69, 9.17) is 4.42 Å². The molecule has 11 rings (SSSR count). The van der Waals surface area contributed by atoms with E-state index < -0.39 is 0 Å². The molecule has 442 valence electrons. The highest BCUT2D eigenvalue weighted by molar-refractivity contribution is 7.06. The Morgan fingerprint density at radius 1 is 0.500 bits per heavy atom. The summed E-state index contributed by atoms with van der Waals surface area (Å²) in [7, 11) is 3.60. The van der Waals surface area contributed by atoms with Crippen molar-refractivity contribution in [1.82, 2.24) is 119 Å². The molecule has 0 bridgehead atoms. The summed E-state index contributed by atoms with van der Waals surface area (Å²) in [6.07, 6.45) is 9.53. The zero-order valence-corrected chi connectivity index (χ0v) is 54.3. The van der Waals surface area contributed by atoms with Crippen molar-refractivity contribution in [3.05, 3.63) is 132 Å². The van der Waals surface area contributed by atoms with Crippen LogP contribution in [0.4, 0.5) is 0 Å². The quantitative estimate of drug-likeness (QED) is 0.147. The van der Waals surface area contributed by atoms with Crippen molar-refractivity contribution in [2.45, 2.75) is 159 Å². The molecule has 0 unspecified atom stereocenters. The third-order valence-corrected chi connectivity index (χ3v) is 10.6. The first-order valence-corrected chi connectivity index (χ1v) is 27.8. The maximum Gasteiger partial charge on any atom is 0.223 e. The Balaban J connectivity index is -0.000000808. The number of aromatic nitrogens is 24. The van der Waals surface area contributed by atoms with Crippen molar-refractivity contribution < 1.29 is 18.0 Å². The summed E-state index contributed by atoms with van der Waals surface area (Å²) in [5, 5.41) is 44.5. The minimum atomic E-state index is 0.623. The number of oxazole rings is 1. The second kappa shape index (κ2) is 48.4. The number of aromatic amines is 1. The zero-order valence-electron chi connectivity index (χ0n) is 51.0. The summed E-state index contributed by atoms with van der Waals surface area (Å²) in [6, 6.07) is 0. The number of hydrogen-bond donors (Lipinski definition) is 1. The fourth-order valence-electron chi connectivity index (χ4n) is 3.61. The van der Waals surface area contributed by atoms with Crippen molar-refractivity contribution in [2.75, 3.05) is 0 Å². The van der Waals surface area contributed by atoms with Crippen LogP contribution in [0.2, 0.25) is 0 Å². The summed E-state index contributed by atoms with van der Waals surface area (Å²) >= 11 is 5.77. The van der Waals surface area contributed by atoms with Gasteiger partial charge in [-0.3, -0.25) is 4.68 Å². The minimum Gasteiger partial charge on any atom is -0.449 e. The van der Waals surface area contributed by atoms with Crippen LogP contribution in [0, 0.1) is 118 Å². The molecule has 0 aliphatic rings. The Hall–Kier alpha value is -7.71. The fourth-order valence-corrected chi connectivity index (χ4v) is 5.48. The molecule has 1 N–H and O–H groups in total. The first-order chi connectivity index (χ1) is 38.1. The van der Waals surface area contributed by atoms with Crippen LogP contribution in [0.15, 0.2) is 55.6 Å². The number of nitrogens with one attached hydrogen (secondary N) is 1. The molecule has 28 nitrogen and oxygen atoms in total. The van der Waals surface area contributed by atoms with E-state index in [2.05, 4.69) is 123 Å². The van der Waals surface area contributed by atoms with Gasteiger partial charge in [0.1, 0.15) is 45.8 Å². The van der Waals surface area contributed by atoms with E-state index >= 15 is 0 Å². The predicted molar refractivity (Wildman–Crippen MR) is 312 cm³/mol. The molecule has 0 amide bonds. The van der Waals surface area contributed by atoms with Crippen molar-refractivity contribution in [2.24, 2.45) is 14.1 Å². The van der Waals surface area contributed by atoms with Crippen molar-refractivity contribution in [3.8, 4) is 0 Å². The van der Waals surface area contributed by atoms with E-state index in [1.807, 2.05) is 139 Å². The van der Waals surface area contributed by atoms with Gasteiger partial charge in [-0.05, 0) is 150 Å². The van der Waals surface area contributed by atoms with E-state index in [0.29, 0.717) is 23.4 Å². The van der Waals surface area contributed by atoms with Crippen LogP contribution in [0.25, 0.3) is 0 Å². The monoisotopic (exact) mass is 1190 g/mol. The van der Waals surface area contributed by atoms with Gasteiger partial charge < -0.3 is 18.0 Å². The highest BCUT2D eigenvalue weighted by Crippen LogP contribution is 2.05. The smallest absolute Gasteiger partial charge is 0.223 e. The Kier molecular flexibility index (Phi) is 46.3. The number of H-pyrrole nitrogens is 1. The van der Waals surface area contributed by atoms with E-state index in [0.717, 1.165) is 61.7 Å². The highest BCUT2D eigenvalue weighted by atomic mass is 32.1. The lowest BCUT2D eigenvalue weighted by Crippen LogP contribution is -1.89. The van der Waals surface area contributed by atoms with Gasteiger partial charge in [-0.1, -0.05) is 60.8 Å². The Labute approximate surface area is 486 Å². The molecule has 0 aliphatic heterocycles. The van der Waals surface area contributed by atoms with Crippen LogP contribution in [0.3, 0.4) is 0 Å². The normalized spacial score (nSPS) is 8.81. The fraction of sp³-hybridized carbons (Fsp3) is 0.521. The molecule has 0 saturated heterocycles. The predicted octanol–water partition coefficient (Wildman–Crippen LogP) is 10.8. The molecule has 0 fully saturated rings. The molecule has 0 aromatic carbocycles. The number of hydrogen-bond acceptors (Lipinski definition) is 29. The SMILES string of the molecule is CC.CC.CC.Cc1cn[nH]n1.Cc1ncoc1C.Cc1nnoc1C.Cc1nnsc1C.Cc1nnsc1C.Cc1noc(C)n1.Cc1noc(C)n1.Cc1nsc(C)n1.Cc1nsc(C)n1.Cn1cncn1.Cn1nccn1. The van der Waals surface area contributed by atoms with Crippen LogP contribution in [0.5, 0.6) is 0 Å². The Bertz CT molecular complexity index is 2490. The van der Waals surface area contributed by atoms with Crippen LogP contribution >= 0.6 is 46.1 Å².